The molecule has 3 N–H and O–H groups in total. The Bertz CT molecular complexity index is 502. The maximum atomic E-state index is 12.3. The van der Waals surface area contributed by atoms with Crippen molar-refractivity contribution in [1.29, 1.82) is 0 Å². The third-order valence-electron chi connectivity index (χ3n) is 4.13. The van der Waals surface area contributed by atoms with Gasteiger partial charge in [-0.2, -0.15) is 0 Å². The van der Waals surface area contributed by atoms with E-state index in [0.717, 1.165) is 6.54 Å². The van der Waals surface area contributed by atoms with Crippen LogP contribution < -0.4 is 15.4 Å². The average molecular weight is 290 g/mol. The summed E-state index contributed by atoms with van der Waals surface area (Å²) in [5.74, 6) is 1.24. The lowest BCUT2D eigenvalue weighted by atomic mass is 10.1. The first-order valence-corrected chi connectivity index (χ1v) is 7.63. The fourth-order valence-corrected chi connectivity index (χ4v) is 2.52. The molecule has 1 aliphatic carbocycles. The lowest BCUT2D eigenvalue weighted by Crippen LogP contribution is -2.34. The predicted octanol–water partition coefficient (Wildman–Crippen LogP) is 0.786. The zero-order chi connectivity index (χ0) is 14.7. The van der Waals surface area contributed by atoms with E-state index in [2.05, 4.69) is 10.6 Å². The van der Waals surface area contributed by atoms with Crippen LogP contribution in [0.4, 0.5) is 0 Å². The third kappa shape index (κ3) is 3.74. The minimum absolute atomic E-state index is 0.0773. The lowest BCUT2D eigenvalue weighted by molar-refractivity contribution is 0.0923. The Labute approximate surface area is 124 Å². The smallest absolute Gasteiger partial charge is 0.255 e. The summed E-state index contributed by atoms with van der Waals surface area (Å²) in [6, 6.07) is 7.33. The Morgan fingerprint density at radius 3 is 2.86 bits per heavy atom. The number of benzene rings is 1. The van der Waals surface area contributed by atoms with Gasteiger partial charge in [0.1, 0.15) is 5.75 Å². The zero-order valence-electron chi connectivity index (χ0n) is 12.0. The highest BCUT2D eigenvalue weighted by Gasteiger charge is 2.26. The number of hydrogen-bond donors (Lipinski definition) is 3. The first-order valence-electron chi connectivity index (χ1n) is 7.63. The molecule has 0 bridgehead atoms. The number of amides is 1. The molecule has 1 amide bonds. The number of nitrogens with one attached hydrogen (secondary N) is 2. The number of β-amino-alcohol motifs (C(OH)–C–C–N with tert-alkyl or cyclic N) is 1. The molecule has 21 heavy (non-hydrogen) atoms. The fraction of sp³-hybridized carbons (Fsp3) is 0.562. The van der Waals surface area contributed by atoms with E-state index in [1.807, 2.05) is 18.2 Å². The molecule has 1 aromatic rings. The number of carbonyl (C=O) groups excluding carboxylic acids is 1. The minimum Gasteiger partial charge on any atom is -0.492 e. The molecule has 5 nitrogen and oxygen atoms in total. The van der Waals surface area contributed by atoms with E-state index in [0.29, 0.717) is 36.9 Å². The normalized spacial score (nSPS) is 24.8. The third-order valence-corrected chi connectivity index (χ3v) is 4.13. The monoisotopic (exact) mass is 290 g/mol. The van der Waals surface area contributed by atoms with E-state index < -0.39 is 0 Å². The van der Waals surface area contributed by atoms with E-state index in [1.165, 1.54) is 12.8 Å². The molecule has 5 heteroatoms. The molecular formula is C16H22N2O3. The first-order chi connectivity index (χ1) is 10.2. The van der Waals surface area contributed by atoms with Crippen LogP contribution in [-0.4, -0.2) is 43.4 Å². The molecule has 1 heterocycles. The van der Waals surface area contributed by atoms with Crippen molar-refractivity contribution in [1.82, 2.24) is 10.6 Å². The summed E-state index contributed by atoms with van der Waals surface area (Å²) in [4.78, 5) is 12.3. The topological polar surface area (TPSA) is 70.6 Å². The van der Waals surface area contributed by atoms with Gasteiger partial charge >= 0.3 is 0 Å². The maximum Gasteiger partial charge on any atom is 0.255 e. The van der Waals surface area contributed by atoms with Crippen molar-refractivity contribution in [3.05, 3.63) is 29.8 Å². The van der Waals surface area contributed by atoms with E-state index in [1.54, 1.807) is 6.07 Å². The van der Waals surface area contributed by atoms with Crippen molar-refractivity contribution in [3.63, 3.8) is 0 Å². The van der Waals surface area contributed by atoms with Gasteiger partial charge in [-0.05, 0) is 30.9 Å². The van der Waals surface area contributed by atoms with Crippen LogP contribution in [0.2, 0.25) is 0 Å². The molecule has 2 aliphatic rings. The molecule has 0 radical (unpaired) electrons. The molecule has 1 aromatic carbocycles. The quantitative estimate of drug-likeness (QED) is 0.724. The number of para-hydroxylation sites is 1. The van der Waals surface area contributed by atoms with Gasteiger partial charge in [-0.25, -0.2) is 0 Å². The Balaban J connectivity index is 1.57. The van der Waals surface area contributed by atoms with Gasteiger partial charge in [-0.15, -0.1) is 0 Å². The van der Waals surface area contributed by atoms with Crippen molar-refractivity contribution < 1.29 is 14.6 Å². The molecule has 2 atom stereocenters. The molecule has 0 aromatic heterocycles. The molecule has 114 valence electrons. The van der Waals surface area contributed by atoms with Crippen molar-refractivity contribution in [2.45, 2.75) is 18.9 Å². The van der Waals surface area contributed by atoms with Gasteiger partial charge in [0.05, 0.1) is 18.3 Å². The highest BCUT2D eigenvalue weighted by molar-refractivity contribution is 5.96. The number of aliphatic hydroxyl groups is 1. The van der Waals surface area contributed by atoms with Crippen LogP contribution in [0.3, 0.4) is 0 Å². The second kappa shape index (κ2) is 6.45. The highest BCUT2D eigenvalue weighted by atomic mass is 16.5. The summed E-state index contributed by atoms with van der Waals surface area (Å²) in [5.41, 5.74) is 0.568. The molecule has 1 aliphatic heterocycles. The van der Waals surface area contributed by atoms with Gasteiger partial charge in [0.25, 0.3) is 5.91 Å². The number of hydrogen-bond acceptors (Lipinski definition) is 4. The zero-order valence-corrected chi connectivity index (χ0v) is 12.0. The van der Waals surface area contributed by atoms with Gasteiger partial charge in [-0.3, -0.25) is 4.79 Å². The largest absolute Gasteiger partial charge is 0.492 e. The summed E-state index contributed by atoms with van der Waals surface area (Å²) < 4.78 is 5.75. The van der Waals surface area contributed by atoms with Gasteiger partial charge in [-0.1, -0.05) is 12.1 Å². The van der Waals surface area contributed by atoms with Gasteiger partial charge in [0.15, 0.2) is 0 Å². The number of ether oxygens (including phenoxy) is 1. The predicted molar refractivity (Wildman–Crippen MR) is 79.4 cm³/mol. The molecule has 2 fully saturated rings. The second-order valence-electron chi connectivity index (χ2n) is 5.95. The van der Waals surface area contributed by atoms with Crippen molar-refractivity contribution in [3.8, 4) is 5.75 Å². The second-order valence-corrected chi connectivity index (χ2v) is 5.95. The molecule has 1 saturated heterocycles. The van der Waals surface area contributed by atoms with Gasteiger partial charge < -0.3 is 20.5 Å². The van der Waals surface area contributed by atoms with Crippen LogP contribution in [0.15, 0.2) is 24.3 Å². The van der Waals surface area contributed by atoms with Crippen LogP contribution in [0.1, 0.15) is 23.2 Å². The highest BCUT2D eigenvalue weighted by Crippen LogP contribution is 2.30. The minimum atomic E-state index is -0.383. The first kappa shape index (κ1) is 14.4. The maximum absolute atomic E-state index is 12.3. The lowest BCUT2D eigenvalue weighted by Gasteiger charge is -2.15. The van der Waals surface area contributed by atoms with Crippen molar-refractivity contribution in [2.24, 2.45) is 11.8 Å². The Morgan fingerprint density at radius 1 is 1.33 bits per heavy atom. The summed E-state index contributed by atoms with van der Waals surface area (Å²) >= 11 is 0. The summed E-state index contributed by atoms with van der Waals surface area (Å²) in [6.45, 7) is 2.50. The number of carbonyl (C=O) groups is 1. The standard InChI is InChI=1S/C16H22N2O3/c19-14-9-17-7-12(14)8-18-16(20)13-3-1-2-4-15(13)21-10-11-5-6-11/h1-4,11-12,14,17,19H,5-10H2,(H,18,20). The van der Waals surface area contributed by atoms with Gasteiger partial charge in [0.2, 0.25) is 0 Å². The van der Waals surface area contributed by atoms with Crippen LogP contribution in [0.5, 0.6) is 5.75 Å². The SMILES string of the molecule is O=C(NCC1CNCC1O)c1ccccc1OCC1CC1. The molecule has 3 rings (SSSR count). The summed E-state index contributed by atoms with van der Waals surface area (Å²) in [5, 5.41) is 15.7. The van der Waals surface area contributed by atoms with E-state index in [-0.39, 0.29) is 17.9 Å². The number of rotatable bonds is 6. The Hall–Kier alpha value is -1.59. The van der Waals surface area contributed by atoms with Crippen molar-refractivity contribution in [2.75, 3.05) is 26.2 Å². The Morgan fingerprint density at radius 2 is 2.14 bits per heavy atom. The van der Waals surface area contributed by atoms with Crippen LogP contribution in [0.25, 0.3) is 0 Å². The van der Waals surface area contributed by atoms with E-state index in [4.69, 9.17) is 4.74 Å². The fourth-order valence-electron chi connectivity index (χ4n) is 2.52. The van der Waals surface area contributed by atoms with Crippen LogP contribution >= 0.6 is 0 Å². The number of aliphatic hydroxyl groups excluding tert-OH is 1. The van der Waals surface area contributed by atoms with Gasteiger partial charge in [0, 0.05) is 25.6 Å². The van der Waals surface area contributed by atoms with E-state index >= 15 is 0 Å². The van der Waals surface area contributed by atoms with Crippen molar-refractivity contribution >= 4 is 5.91 Å². The van der Waals surface area contributed by atoms with Crippen LogP contribution in [0, 0.1) is 11.8 Å². The Kier molecular flexibility index (Phi) is 4.41. The van der Waals surface area contributed by atoms with Crippen LogP contribution in [-0.2, 0) is 0 Å². The summed E-state index contributed by atoms with van der Waals surface area (Å²) in [7, 11) is 0. The average Bonchev–Trinajstić information content (AvgIpc) is 3.24. The molecule has 0 spiro atoms. The molecular weight excluding hydrogens is 268 g/mol. The molecule has 1 saturated carbocycles. The summed E-state index contributed by atoms with van der Waals surface area (Å²) in [6.07, 6.45) is 2.06. The molecule has 2 unspecified atom stereocenters. The van der Waals surface area contributed by atoms with E-state index in [9.17, 15) is 9.90 Å².